The topological polar surface area (TPSA) is 175 Å². The number of amides is 2. The normalized spacial score (nSPS) is 32.1. The van der Waals surface area contributed by atoms with Crippen LogP contribution in [0, 0.1) is 0 Å². The number of hydrogen-bond acceptors (Lipinski definition) is 10. The number of nitrogens with one attached hydrogen (secondary N) is 1. The number of phenolic OH excluding ortho intramolecular Hbond substituents is 1. The first-order chi connectivity index (χ1) is 19.9. The molecule has 2 bridgehead atoms. The highest BCUT2D eigenvalue weighted by molar-refractivity contribution is 5.90. The van der Waals surface area contributed by atoms with Crippen molar-refractivity contribution in [3.8, 4) is 11.5 Å². The standard InChI is InChI=1S/C29H35N3O10/c1-14(30-24(34)17-5-4-11-32(17)27(37)38)25(35)40-15(2)26(36)41-19-8-9-29(39)20-13-16-6-7-18(33)22-21(16)28(29,23(19)42-22)10-12-31(20)3/h6-8,14-15,17,20,23,33,39H,4-5,9-13H2,1-3H3,(H,30,34)(H,37,38)/t14?,15?,17?,20-,23+,28+,29-/m1/s1. The SMILES string of the molecule is CC(NC(=O)C1CCCN1C(=O)O)C(=O)OC(C)C(=O)OC1=CC[C@@]2(O)[C@H]3Cc4ccc(O)c5c4[C@@]2(CCN3C)[C@H]1O5. The summed E-state index contributed by atoms with van der Waals surface area (Å²) in [4.78, 5) is 53.0. The minimum Gasteiger partial charge on any atom is -0.504 e. The average Bonchev–Trinajstić information content (AvgIpc) is 3.57. The summed E-state index contributed by atoms with van der Waals surface area (Å²) in [5, 5.41) is 34.6. The minimum atomic E-state index is -1.35. The lowest BCUT2D eigenvalue weighted by Crippen LogP contribution is -2.74. The average molecular weight is 586 g/mol. The third-order valence-corrected chi connectivity index (χ3v) is 9.71. The third-order valence-electron chi connectivity index (χ3n) is 9.71. The molecule has 2 amide bonds. The minimum absolute atomic E-state index is 0.0506. The highest BCUT2D eigenvalue weighted by atomic mass is 16.6. The number of benzene rings is 1. The summed E-state index contributed by atoms with van der Waals surface area (Å²) in [6.07, 6.45) is 0.393. The molecule has 3 heterocycles. The molecule has 0 aromatic heterocycles. The summed E-state index contributed by atoms with van der Waals surface area (Å²) in [7, 11) is 1.97. The summed E-state index contributed by atoms with van der Waals surface area (Å²) < 4.78 is 17.3. The van der Waals surface area contributed by atoms with Crippen LogP contribution in [-0.2, 0) is 35.7 Å². The Labute approximate surface area is 242 Å². The summed E-state index contributed by atoms with van der Waals surface area (Å²) in [5.41, 5.74) is -0.414. The predicted molar refractivity (Wildman–Crippen MR) is 144 cm³/mol. The lowest BCUT2D eigenvalue weighted by molar-refractivity contribution is -0.176. The smallest absolute Gasteiger partial charge is 0.407 e. The number of hydrogen-bond donors (Lipinski definition) is 4. The molecule has 2 aliphatic carbocycles. The van der Waals surface area contributed by atoms with E-state index in [0.29, 0.717) is 32.2 Å². The number of aromatic hydroxyl groups is 1. The van der Waals surface area contributed by atoms with Crippen molar-refractivity contribution in [1.82, 2.24) is 15.1 Å². The lowest BCUT2D eigenvalue weighted by atomic mass is 9.50. The molecule has 6 rings (SSSR count). The van der Waals surface area contributed by atoms with Crippen molar-refractivity contribution < 1.29 is 48.7 Å². The van der Waals surface area contributed by atoms with E-state index < -0.39 is 59.2 Å². The van der Waals surface area contributed by atoms with E-state index in [-0.39, 0.29) is 36.3 Å². The Morgan fingerprint density at radius 1 is 1.17 bits per heavy atom. The molecule has 42 heavy (non-hydrogen) atoms. The van der Waals surface area contributed by atoms with Crippen LogP contribution in [0.4, 0.5) is 4.79 Å². The van der Waals surface area contributed by atoms with Gasteiger partial charge in [0, 0.05) is 24.6 Å². The molecule has 4 N–H and O–H groups in total. The number of piperidine rings is 1. The summed E-state index contributed by atoms with van der Waals surface area (Å²) in [6.45, 7) is 3.63. The van der Waals surface area contributed by atoms with Crippen LogP contribution in [0.5, 0.6) is 11.5 Å². The molecule has 13 nitrogen and oxygen atoms in total. The second-order valence-corrected chi connectivity index (χ2v) is 12.0. The monoisotopic (exact) mass is 585 g/mol. The molecule has 2 saturated heterocycles. The molecule has 0 radical (unpaired) electrons. The second kappa shape index (κ2) is 9.87. The van der Waals surface area contributed by atoms with Crippen molar-refractivity contribution >= 4 is 23.9 Å². The van der Waals surface area contributed by atoms with Gasteiger partial charge in [-0.05, 0) is 70.8 Å². The van der Waals surface area contributed by atoms with Gasteiger partial charge in [-0.2, -0.15) is 0 Å². The Bertz CT molecular complexity index is 1400. The fraction of sp³-hybridized carbons (Fsp3) is 0.586. The highest BCUT2D eigenvalue weighted by Gasteiger charge is 2.72. The molecule has 7 atom stereocenters. The predicted octanol–water partition coefficient (Wildman–Crippen LogP) is 0.792. The second-order valence-electron chi connectivity index (χ2n) is 12.0. The highest BCUT2D eigenvalue weighted by Crippen LogP contribution is 2.65. The van der Waals surface area contributed by atoms with Gasteiger partial charge in [0.1, 0.15) is 17.8 Å². The summed E-state index contributed by atoms with van der Waals surface area (Å²) in [5.74, 6) is -1.95. The van der Waals surface area contributed by atoms with Gasteiger partial charge in [-0.3, -0.25) is 9.69 Å². The molecule has 3 aliphatic heterocycles. The number of phenols is 1. The van der Waals surface area contributed by atoms with Crippen molar-refractivity contribution in [2.24, 2.45) is 0 Å². The van der Waals surface area contributed by atoms with Gasteiger partial charge in [-0.1, -0.05) is 6.07 Å². The first-order valence-corrected chi connectivity index (χ1v) is 14.3. The van der Waals surface area contributed by atoms with Gasteiger partial charge in [-0.25, -0.2) is 14.4 Å². The zero-order valence-electron chi connectivity index (χ0n) is 23.7. The number of carbonyl (C=O) groups excluding carboxylic acids is 3. The maximum absolute atomic E-state index is 13.1. The maximum atomic E-state index is 13.1. The number of aliphatic hydroxyl groups is 1. The molecular formula is C29H35N3O10. The Hall–Kier alpha value is -3.84. The number of rotatable bonds is 6. The van der Waals surface area contributed by atoms with E-state index in [4.69, 9.17) is 14.2 Å². The molecular weight excluding hydrogens is 550 g/mol. The largest absolute Gasteiger partial charge is 0.504 e. The van der Waals surface area contributed by atoms with E-state index in [9.17, 15) is 34.5 Å². The van der Waals surface area contributed by atoms with Crippen LogP contribution in [0.1, 0.15) is 50.7 Å². The van der Waals surface area contributed by atoms with Gasteiger partial charge in [0.05, 0.1) is 11.0 Å². The number of likely N-dealkylation sites (tertiary alicyclic amines) is 2. The van der Waals surface area contributed by atoms with Crippen molar-refractivity contribution in [2.45, 2.75) is 87.3 Å². The van der Waals surface area contributed by atoms with Gasteiger partial charge < -0.3 is 39.7 Å². The van der Waals surface area contributed by atoms with Gasteiger partial charge in [0.15, 0.2) is 23.7 Å². The number of ether oxygens (including phenoxy) is 3. The van der Waals surface area contributed by atoms with Crippen LogP contribution >= 0.6 is 0 Å². The van der Waals surface area contributed by atoms with Crippen LogP contribution in [-0.4, -0.2) is 105 Å². The van der Waals surface area contributed by atoms with Crippen LogP contribution in [0.15, 0.2) is 24.0 Å². The van der Waals surface area contributed by atoms with Gasteiger partial charge in [0.2, 0.25) is 5.91 Å². The lowest BCUT2D eigenvalue weighted by Gasteiger charge is -2.61. The number of likely N-dealkylation sites (N-methyl/N-ethyl adjacent to an activating group) is 1. The van der Waals surface area contributed by atoms with Crippen LogP contribution in [0.3, 0.4) is 0 Å². The number of carboxylic acid groups (broad SMARTS) is 1. The molecule has 1 spiro atoms. The first kappa shape index (κ1) is 28.3. The van der Waals surface area contributed by atoms with E-state index in [1.54, 1.807) is 12.1 Å². The maximum Gasteiger partial charge on any atom is 0.407 e. The van der Waals surface area contributed by atoms with Crippen LogP contribution in [0.25, 0.3) is 0 Å². The summed E-state index contributed by atoms with van der Waals surface area (Å²) in [6, 6.07) is 1.19. The van der Waals surface area contributed by atoms with Crippen LogP contribution < -0.4 is 10.1 Å². The fourth-order valence-electron chi connectivity index (χ4n) is 7.60. The molecule has 0 saturated carbocycles. The van der Waals surface area contributed by atoms with E-state index in [0.717, 1.165) is 16.0 Å². The quantitative estimate of drug-likeness (QED) is 0.348. The van der Waals surface area contributed by atoms with Gasteiger partial charge >= 0.3 is 18.0 Å². The Morgan fingerprint density at radius 2 is 1.93 bits per heavy atom. The zero-order valence-corrected chi connectivity index (χ0v) is 23.7. The van der Waals surface area contributed by atoms with E-state index >= 15 is 0 Å². The van der Waals surface area contributed by atoms with Gasteiger partial charge in [-0.15, -0.1) is 0 Å². The zero-order chi connectivity index (χ0) is 30.1. The molecule has 226 valence electrons. The number of carbonyl (C=O) groups is 4. The molecule has 2 fully saturated rings. The molecule has 5 aliphatic rings. The number of esters is 2. The van der Waals surface area contributed by atoms with E-state index in [2.05, 4.69) is 10.2 Å². The van der Waals surface area contributed by atoms with Gasteiger partial charge in [0.25, 0.3) is 0 Å². The van der Waals surface area contributed by atoms with E-state index in [1.165, 1.54) is 13.8 Å². The van der Waals surface area contributed by atoms with Crippen molar-refractivity contribution in [3.05, 3.63) is 35.1 Å². The Kier molecular flexibility index (Phi) is 6.65. The van der Waals surface area contributed by atoms with Crippen molar-refractivity contribution in [1.29, 1.82) is 0 Å². The molecule has 13 heteroatoms. The van der Waals surface area contributed by atoms with Crippen molar-refractivity contribution in [3.63, 3.8) is 0 Å². The molecule has 3 unspecified atom stereocenters. The van der Waals surface area contributed by atoms with Crippen LogP contribution in [0.2, 0.25) is 0 Å². The fourth-order valence-corrected chi connectivity index (χ4v) is 7.60. The van der Waals surface area contributed by atoms with Crippen molar-refractivity contribution in [2.75, 3.05) is 20.1 Å². The number of nitrogens with zero attached hydrogens (tertiary/aromatic N) is 2. The van der Waals surface area contributed by atoms with E-state index in [1.807, 2.05) is 13.1 Å². The first-order valence-electron chi connectivity index (χ1n) is 14.3. The molecule has 1 aromatic carbocycles. The Balaban J connectivity index is 1.16. The Morgan fingerprint density at radius 3 is 2.67 bits per heavy atom. The molecule has 1 aromatic rings. The third kappa shape index (κ3) is 3.97. The summed E-state index contributed by atoms with van der Waals surface area (Å²) >= 11 is 0.